The molecule has 0 spiro atoms. The van der Waals surface area contributed by atoms with Crippen LogP contribution in [0.25, 0.3) is 0 Å². The first kappa shape index (κ1) is 15.0. The summed E-state index contributed by atoms with van der Waals surface area (Å²) in [5.41, 5.74) is 4.06. The molecule has 0 unspecified atom stereocenters. The lowest BCUT2D eigenvalue weighted by atomic mass is 10.2. The number of esters is 1. The Morgan fingerprint density at radius 2 is 2.05 bits per heavy atom. The monoisotopic (exact) mass is 303 g/mol. The Balaban J connectivity index is 2.24. The molecule has 0 amide bonds. The van der Waals surface area contributed by atoms with Crippen LogP contribution < -0.4 is 5.43 Å². The van der Waals surface area contributed by atoms with E-state index in [0.29, 0.717) is 16.4 Å². The van der Waals surface area contributed by atoms with Crippen molar-refractivity contribution >= 4 is 29.0 Å². The predicted molar refractivity (Wildman–Crippen MR) is 82.5 cm³/mol. The highest BCUT2D eigenvalue weighted by Gasteiger charge is 2.16. The zero-order valence-electron chi connectivity index (χ0n) is 11.4. The van der Waals surface area contributed by atoms with Crippen molar-refractivity contribution in [3.63, 3.8) is 0 Å². The van der Waals surface area contributed by atoms with Crippen LogP contribution in [0.15, 0.2) is 53.8 Å². The van der Waals surface area contributed by atoms with Crippen LogP contribution in [-0.2, 0) is 9.53 Å². The largest absolute Gasteiger partial charge is 0.461 e. The molecule has 0 saturated carbocycles. The molecule has 6 heteroatoms. The molecule has 1 heterocycles. The average Bonchev–Trinajstić information content (AvgIpc) is 2.51. The molecule has 1 aromatic heterocycles. The maximum Gasteiger partial charge on any atom is 0.361 e. The van der Waals surface area contributed by atoms with Crippen molar-refractivity contribution < 1.29 is 9.53 Å². The molecular formula is C15H14ClN3O2. The van der Waals surface area contributed by atoms with Gasteiger partial charge in [-0.1, -0.05) is 17.7 Å². The summed E-state index contributed by atoms with van der Waals surface area (Å²) in [6.07, 6.45) is 1.59. The maximum atomic E-state index is 12.0. The number of nitrogens with one attached hydrogen (secondary N) is 1. The molecule has 0 aliphatic rings. The zero-order valence-corrected chi connectivity index (χ0v) is 12.2. The summed E-state index contributed by atoms with van der Waals surface area (Å²) in [5.74, 6) is -0.530. The molecular weight excluding hydrogens is 290 g/mol. The van der Waals surface area contributed by atoms with Gasteiger partial charge in [-0.25, -0.2) is 4.79 Å². The van der Waals surface area contributed by atoms with Gasteiger partial charge in [-0.2, -0.15) is 5.10 Å². The Bertz CT molecular complexity index is 627. The summed E-state index contributed by atoms with van der Waals surface area (Å²) >= 11 is 5.81. The van der Waals surface area contributed by atoms with Crippen LogP contribution >= 0.6 is 11.6 Å². The van der Waals surface area contributed by atoms with Crippen molar-refractivity contribution in [2.75, 3.05) is 12.0 Å². The van der Waals surface area contributed by atoms with Gasteiger partial charge in [0.15, 0.2) is 5.71 Å². The summed E-state index contributed by atoms with van der Waals surface area (Å²) in [7, 11) is 0. The van der Waals surface area contributed by atoms with Crippen LogP contribution in [-0.4, -0.2) is 23.3 Å². The summed E-state index contributed by atoms with van der Waals surface area (Å²) in [6, 6.07) is 12.2. The molecule has 1 N–H and O–H groups in total. The van der Waals surface area contributed by atoms with E-state index in [1.165, 1.54) is 0 Å². The number of carbonyl (C=O) groups is 1. The van der Waals surface area contributed by atoms with Gasteiger partial charge in [0.05, 0.1) is 18.0 Å². The van der Waals surface area contributed by atoms with Crippen LogP contribution in [0.1, 0.15) is 12.6 Å². The van der Waals surface area contributed by atoms with Crippen molar-refractivity contribution in [1.29, 1.82) is 0 Å². The lowest BCUT2D eigenvalue weighted by Gasteiger charge is -2.06. The number of nitrogens with zero attached hydrogens (tertiary/aromatic N) is 2. The van der Waals surface area contributed by atoms with Crippen molar-refractivity contribution in [1.82, 2.24) is 4.98 Å². The van der Waals surface area contributed by atoms with Crippen LogP contribution in [0, 0.1) is 0 Å². The van der Waals surface area contributed by atoms with Gasteiger partial charge in [-0.3, -0.25) is 10.4 Å². The number of hydrogen-bond donors (Lipinski definition) is 1. The first-order valence-corrected chi connectivity index (χ1v) is 6.76. The quantitative estimate of drug-likeness (QED) is 0.524. The smallest absolute Gasteiger partial charge is 0.361 e. The van der Waals surface area contributed by atoms with Crippen molar-refractivity contribution in [3.05, 3.63) is 59.4 Å². The van der Waals surface area contributed by atoms with Crippen molar-refractivity contribution in [3.8, 4) is 0 Å². The molecule has 5 nitrogen and oxygen atoms in total. The Hall–Kier alpha value is -2.40. The van der Waals surface area contributed by atoms with Gasteiger partial charge >= 0.3 is 5.97 Å². The van der Waals surface area contributed by atoms with Crippen molar-refractivity contribution in [2.24, 2.45) is 5.10 Å². The third-order valence-corrected chi connectivity index (χ3v) is 2.77. The SMILES string of the molecule is CCOC(=O)/C(=N/Nc1ccc(Cl)cc1)c1ccccn1. The summed E-state index contributed by atoms with van der Waals surface area (Å²) in [6.45, 7) is 2.01. The number of hydrazone groups is 1. The van der Waals surface area contributed by atoms with E-state index in [1.807, 2.05) is 0 Å². The second-order valence-corrected chi connectivity index (χ2v) is 4.45. The van der Waals surface area contributed by atoms with E-state index in [4.69, 9.17) is 16.3 Å². The number of ether oxygens (including phenoxy) is 1. The minimum atomic E-state index is -0.530. The van der Waals surface area contributed by atoms with Crippen LogP contribution in [0.4, 0.5) is 5.69 Å². The third kappa shape index (κ3) is 4.29. The van der Waals surface area contributed by atoms with Gasteiger partial charge in [0.1, 0.15) is 0 Å². The van der Waals surface area contributed by atoms with E-state index in [0.717, 1.165) is 0 Å². The zero-order chi connectivity index (χ0) is 15.1. The Morgan fingerprint density at radius 3 is 2.67 bits per heavy atom. The first-order valence-electron chi connectivity index (χ1n) is 6.38. The summed E-state index contributed by atoms with van der Waals surface area (Å²) in [4.78, 5) is 16.1. The van der Waals surface area contributed by atoms with E-state index in [1.54, 1.807) is 55.6 Å². The van der Waals surface area contributed by atoms with Crippen molar-refractivity contribution in [2.45, 2.75) is 6.92 Å². The fraction of sp³-hybridized carbons (Fsp3) is 0.133. The molecule has 0 bridgehead atoms. The number of carbonyl (C=O) groups excluding carboxylic acids is 1. The van der Waals surface area contributed by atoms with Crippen LogP contribution in [0.5, 0.6) is 0 Å². The second kappa shape index (κ2) is 7.40. The number of benzene rings is 1. The molecule has 2 aromatic rings. The number of anilines is 1. The highest BCUT2D eigenvalue weighted by Crippen LogP contribution is 2.13. The van der Waals surface area contributed by atoms with Gasteiger partial charge in [0, 0.05) is 11.2 Å². The van der Waals surface area contributed by atoms with E-state index in [-0.39, 0.29) is 12.3 Å². The molecule has 0 saturated heterocycles. The second-order valence-electron chi connectivity index (χ2n) is 4.01. The molecule has 0 radical (unpaired) electrons. The lowest BCUT2D eigenvalue weighted by Crippen LogP contribution is -2.21. The minimum absolute atomic E-state index is 0.118. The standard InChI is InChI=1S/C15H14ClN3O2/c1-2-21-15(20)14(13-5-3-4-10-17-13)19-18-12-8-6-11(16)7-9-12/h3-10,18H,2H2,1H3/b19-14+. The number of hydrogen-bond acceptors (Lipinski definition) is 5. The number of rotatable bonds is 5. The summed E-state index contributed by atoms with van der Waals surface area (Å²) < 4.78 is 5.00. The van der Waals surface area contributed by atoms with Gasteiger partial charge in [-0.05, 0) is 43.3 Å². The van der Waals surface area contributed by atoms with E-state index in [2.05, 4.69) is 15.5 Å². The molecule has 1 aromatic carbocycles. The number of aromatic nitrogens is 1. The predicted octanol–water partition coefficient (Wildman–Crippen LogP) is 3.11. The lowest BCUT2D eigenvalue weighted by molar-refractivity contribution is -0.134. The van der Waals surface area contributed by atoms with Gasteiger partial charge < -0.3 is 4.74 Å². The highest BCUT2D eigenvalue weighted by atomic mass is 35.5. The molecule has 0 aliphatic heterocycles. The molecule has 108 valence electrons. The van der Waals surface area contributed by atoms with Gasteiger partial charge in [0.2, 0.25) is 0 Å². The normalized spacial score (nSPS) is 11.0. The molecule has 2 rings (SSSR count). The third-order valence-electron chi connectivity index (χ3n) is 2.52. The Labute approximate surface area is 127 Å². The Morgan fingerprint density at radius 1 is 1.29 bits per heavy atom. The van der Waals surface area contributed by atoms with E-state index in [9.17, 15) is 4.79 Å². The number of pyridine rings is 1. The molecule has 0 fully saturated rings. The number of halogens is 1. The van der Waals surface area contributed by atoms with Gasteiger partial charge in [-0.15, -0.1) is 0 Å². The van der Waals surface area contributed by atoms with Crippen LogP contribution in [0.3, 0.4) is 0 Å². The van der Waals surface area contributed by atoms with E-state index >= 15 is 0 Å². The maximum absolute atomic E-state index is 12.0. The molecule has 0 aliphatic carbocycles. The first-order chi connectivity index (χ1) is 10.2. The fourth-order valence-electron chi connectivity index (χ4n) is 1.55. The topological polar surface area (TPSA) is 63.6 Å². The summed E-state index contributed by atoms with van der Waals surface area (Å²) in [5, 5.41) is 4.72. The Kier molecular flexibility index (Phi) is 5.29. The van der Waals surface area contributed by atoms with Crippen LogP contribution in [0.2, 0.25) is 5.02 Å². The fourth-order valence-corrected chi connectivity index (χ4v) is 1.68. The average molecular weight is 304 g/mol. The molecule has 21 heavy (non-hydrogen) atoms. The van der Waals surface area contributed by atoms with Gasteiger partial charge in [0.25, 0.3) is 0 Å². The highest BCUT2D eigenvalue weighted by molar-refractivity contribution is 6.42. The van der Waals surface area contributed by atoms with E-state index < -0.39 is 5.97 Å². The minimum Gasteiger partial charge on any atom is -0.461 e. The molecule has 0 atom stereocenters.